The lowest BCUT2D eigenvalue weighted by atomic mass is 10.1. The molecule has 0 spiro atoms. The van der Waals surface area contributed by atoms with Crippen molar-refractivity contribution in [1.29, 1.82) is 0 Å². The standard InChI is InChI=1S/C19H23NOS.2C2H6/c1-15(22)13-14-21-19-11-7-17(8-12-19)4-3-16-5-9-18(20-2)10-6-16;2*1-2/h3-12,15,20,22H,13-14H2,1-2H3;2*1-2H3/b4-3+;;. The molecule has 0 radical (unpaired) electrons. The molecule has 2 rings (SSSR count). The van der Waals surface area contributed by atoms with Crippen LogP contribution in [-0.4, -0.2) is 18.9 Å². The number of hydrogen-bond acceptors (Lipinski definition) is 3. The van der Waals surface area contributed by atoms with Gasteiger partial charge in [0.1, 0.15) is 5.75 Å². The normalized spacial score (nSPS) is 10.9. The molecule has 2 aromatic carbocycles. The van der Waals surface area contributed by atoms with Gasteiger partial charge in [-0.25, -0.2) is 0 Å². The molecule has 0 amide bonds. The number of hydrogen-bond donors (Lipinski definition) is 2. The predicted molar refractivity (Wildman–Crippen MR) is 123 cm³/mol. The van der Waals surface area contributed by atoms with Crippen LogP contribution in [-0.2, 0) is 0 Å². The first-order valence-electron chi connectivity index (χ1n) is 9.54. The van der Waals surface area contributed by atoms with Crippen molar-refractivity contribution in [3.05, 3.63) is 59.7 Å². The number of thiol groups is 1. The summed E-state index contributed by atoms with van der Waals surface area (Å²) in [6.07, 6.45) is 5.17. The van der Waals surface area contributed by atoms with Gasteiger partial charge in [0.05, 0.1) is 6.61 Å². The first-order valence-corrected chi connectivity index (χ1v) is 10.1. The van der Waals surface area contributed by atoms with Crippen molar-refractivity contribution >= 4 is 30.5 Å². The van der Waals surface area contributed by atoms with Crippen molar-refractivity contribution in [2.45, 2.75) is 46.3 Å². The SMILES string of the molecule is CC.CC.CNc1ccc(/C=C/c2ccc(OCCC(C)S)cc2)cc1. The van der Waals surface area contributed by atoms with E-state index in [9.17, 15) is 0 Å². The lowest BCUT2D eigenvalue weighted by molar-refractivity contribution is 0.311. The minimum absolute atomic E-state index is 0.372. The molecular weight excluding hydrogens is 338 g/mol. The maximum Gasteiger partial charge on any atom is 0.119 e. The van der Waals surface area contributed by atoms with E-state index in [-0.39, 0.29) is 0 Å². The molecular formula is C23H35NOS. The third-order valence-electron chi connectivity index (χ3n) is 3.35. The van der Waals surface area contributed by atoms with E-state index in [0.717, 1.165) is 23.4 Å². The maximum absolute atomic E-state index is 5.68. The molecule has 0 aliphatic rings. The minimum Gasteiger partial charge on any atom is -0.494 e. The topological polar surface area (TPSA) is 21.3 Å². The molecule has 0 saturated carbocycles. The Bertz CT molecular complexity index is 589. The third kappa shape index (κ3) is 10.2. The number of rotatable bonds is 7. The Morgan fingerprint density at radius 1 is 0.885 bits per heavy atom. The molecule has 3 heteroatoms. The van der Waals surface area contributed by atoms with E-state index in [2.05, 4.69) is 73.4 Å². The van der Waals surface area contributed by atoms with Crippen LogP contribution in [0, 0.1) is 0 Å². The highest BCUT2D eigenvalue weighted by Gasteiger charge is 1.97. The average molecular weight is 374 g/mol. The van der Waals surface area contributed by atoms with Gasteiger partial charge in [0.15, 0.2) is 0 Å². The van der Waals surface area contributed by atoms with Crippen LogP contribution < -0.4 is 10.1 Å². The summed E-state index contributed by atoms with van der Waals surface area (Å²) < 4.78 is 5.68. The Morgan fingerprint density at radius 3 is 1.77 bits per heavy atom. The van der Waals surface area contributed by atoms with E-state index in [1.54, 1.807) is 0 Å². The van der Waals surface area contributed by atoms with Crippen LogP contribution in [0.3, 0.4) is 0 Å². The van der Waals surface area contributed by atoms with Gasteiger partial charge >= 0.3 is 0 Å². The molecule has 2 aromatic rings. The third-order valence-corrected chi connectivity index (χ3v) is 3.61. The van der Waals surface area contributed by atoms with Crippen molar-refractivity contribution in [1.82, 2.24) is 0 Å². The zero-order valence-corrected chi connectivity index (χ0v) is 18.0. The second-order valence-electron chi connectivity index (χ2n) is 5.26. The second-order valence-corrected chi connectivity index (χ2v) is 6.14. The molecule has 0 aliphatic carbocycles. The van der Waals surface area contributed by atoms with Crippen molar-refractivity contribution in [3.8, 4) is 5.75 Å². The van der Waals surface area contributed by atoms with E-state index < -0.39 is 0 Å². The highest BCUT2D eigenvalue weighted by Crippen LogP contribution is 2.16. The number of nitrogens with one attached hydrogen (secondary N) is 1. The van der Waals surface area contributed by atoms with E-state index in [0.29, 0.717) is 11.9 Å². The maximum atomic E-state index is 5.68. The summed E-state index contributed by atoms with van der Waals surface area (Å²) in [5.74, 6) is 0.907. The fourth-order valence-corrected chi connectivity index (χ4v) is 2.08. The fraction of sp³-hybridized carbons (Fsp3) is 0.391. The molecule has 0 heterocycles. The molecule has 0 bridgehead atoms. The smallest absolute Gasteiger partial charge is 0.119 e. The molecule has 26 heavy (non-hydrogen) atoms. The van der Waals surface area contributed by atoms with E-state index >= 15 is 0 Å². The van der Waals surface area contributed by atoms with Gasteiger partial charge in [-0.1, -0.05) is 71.0 Å². The predicted octanol–water partition coefficient (Wildman–Crippen LogP) is 7.04. The highest BCUT2D eigenvalue weighted by molar-refractivity contribution is 7.80. The van der Waals surface area contributed by atoms with Crippen LogP contribution >= 0.6 is 12.6 Å². The number of anilines is 1. The zero-order valence-electron chi connectivity index (χ0n) is 17.1. The summed E-state index contributed by atoms with van der Waals surface area (Å²) >= 11 is 4.34. The molecule has 0 aromatic heterocycles. The minimum atomic E-state index is 0.372. The summed E-state index contributed by atoms with van der Waals surface area (Å²) in [5, 5.41) is 3.49. The molecule has 0 fully saturated rings. The largest absolute Gasteiger partial charge is 0.494 e. The molecule has 1 N–H and O–H groups in total. The Balaban J connectivity index is 0.00000146. The summed E-state index contributed by atoms with van der Waals surface area (Å²) in [7, 11) is 1.92. The quantitative estimate of drug-likeness (QED) is 0.401. The van der Waals surface area contributed by atoms with Crippen LogP contribution in [0.1, 0.15) is 52.2 Å². The van der Waals surface area contributed by atoms with Gasteiger partial charge in [-0.3, -0.25) is 0 Å². The van der Waals surface area contributed by atoms with E-state index in [1.165, 1.54) is 5.56 Å². The van der Waals surface area contributed by atoms with E-state index in [1.807, 2.05) is 46.9 Å². The summed E-state index contributed by atoms with van der Waals surface area (Å²) in [6.45, 7) is 10.8. The molecule has 0 saturated heterocycles. The van der Waals surface area contributed by atoms with Crippen LogP contribution in [0.5, 0.6) is 5.75 Å². The Labute approximate surface area is 166 Å². The monoisotopic (exact) mass is 373 g/mol. The van der Waals surface area contributed by atoms with Gasteiger partial charge in [-0.05, 0) is 41.8 Å². The van der Waals surface area contributed by atoms with Gasteiger partial charge in [-0.2, -0.15) is 12.6 Å². The molecule has 1 atom stereocenters. The average Bonchev–Trinajstić information content (AvgIpc) is 2.70. The van der Waals surface area contributed by atoms with Gasteiger partial charge < -0.3 is 10.1 Å². The van der Waals surface area contributed by atoms with Crippen molar-refractivity contribution in [2.24, 2.45) is 0 Å². The van der Waals surface area contributed by atoms with Gasteiger partial charge in [0.25, 0.3) is 0 Å². The Kier molecular flexibility index (Phi) is 14.3. The van der Waals surface area contributed by atoms with Crippen LogP contribution in [0.4, 0.5) is 5.69 Å². The summed E-state index contributed by atoms with van der Waals surface area (Å²) in [6, 6.07) is 16.5. The summed E-state index contributed by atoms with van der Waals surface area (Å²) in [4.78, 5) is 0. The lowest BCUT2D eigenvalue weighted by Crippen LogP contribution is -2.02. The van der Waals surface area contributed by atoms with Crippen LogP contribution in [0.2, 0.25) is 0 Å². The number of ether oxygens (including phenoxy) is 1. The van der Waals surface area contributed by atoms with Crippen molar-refractivity contribution in [2.75, 3.05) is 19.0 Å². The van der Waals surface area contributed by atoms with Crippen molar-refractivity contribution < 1.29 is 4.74 Å². The second kappa shape index (κ2) is 15.4. The molecule has 2 nitrogen and oxygen atoms in total. The fourth-order valence-electron chi connectivity index (χ4n) is 1.98. The highest BCUT2D eigenvalue weighted by atomic mass is 32.1. The molecule has 1 unspecified atom stereocenters. The first kappa shape index (κ1) is 24.1. The zero-order chi connectivity index (χ0) is 19.8. The Hall–Kier alpha value is -1.87. The number of benzene rings is 2. The van der Waals surface area contributed by atoms with Gasteiger partial charge in [0.2, 0.25) is 0 Å². The lowest BCUT2D eigenvalue weighted by Gasteiger charge is -2.07. The Morgan fingerprint density at radius 2 is 1.35 bits per heavy atom. The molecule has 144 valence electrons. The van der Waals surface area contributed by atoms with Crippen LogP contribution in [0.15, 0.2) is 48.5 Å². The summed E-state index contributed by atoms with van der Waals surface area (Å²) in [5.41, 5.74) is 3.46. The van der Waals surface area contributed by atoms with Crippen LogP contribution in [0.25, 0.3) is 12.2 Å². The van der Waals surface area contributed by atoms with Crippen molar-refractivity contribution in [3.63, 3.8) is 0 Å². The van der Waals surface area contributed by atoms with E-state index in [4.69, 9.17) is 4.74 Å². The molecule has 0 aliphatic heterocycles. The van der Waals surface area contributed by atoms with Gasteiger partial charge in [0, 0.05) is 18.0 Å². The van der Waals surface area contributed by atoms with Gasteiger partial charge in [-0.15, -0.1) is 0 Å². The first-order chi connectivity index (χ1) is 12.7.